The predicted molar refractivity (Wildman–Crippen MR) is 129 cm³/mol. The molecule has 0 radical (unpaired) electrons. The van der Waals surface area contributed by atoms with E-state index in [2.05, 4.69) is 0 Å². The van der Waals surface area contributed by atoms with Gasteiger partial charge < -0.3 is 20.1 Å². The summed E-state index contributed by atoms with van der Waals surface area (Å²) in [7, 11) is 0. The zero-order valence-electron chi connectivity index (χ0n) is 21.2. The SMILES string of the molecule is C/C=C/C=C/C(=O)[C@]12C(=O)[C@@](C)(O)C3\C(=C(O)/C=C/C=C/C)C(=O)[C@@]1(C)C1(O)C(C)C(=O)OC1(C)C32. The summed E-state index contributed by atoms with van der Waals surface area (Å²) < 4.78 is 5.74. The van der Waals surface area contributed by atoms with Crippen LogP contribution in [-0.4, -0.2) is 55.4 Å². The number of aliphatic hydroxyl groups is 3. The molecule has 3 saturated carbocycles. The zero-order valence-corrected chi connectivity index (χ0v) is 21.2. The minimum atomic E-state index is -2.28. The molecule has 1 heterocycles. The van der Waals surface area contributed by atoms with Gasteiger partial charge in [-0.15, -0.1) is 0 Å². The number of ether oxygens (including phenoxy) is 1. The van der Waals surface area contributed by atoms with E-state index in [1.165, 1.54) is 45.9 Å². The van der Waals surface area contributed by atoms with Crippen molar-refractivity contribution in [3.8, 4) is 0 Å². The van der Waals surface area contributed by atoms with Crippen LogP contribution in [0, 0.1) is 28.6 Å². The van der Waals surface area contributed by atoms with E-state index in [1.807, 2.05) is 0 Å². The van der Waals surface area contributed by atoms with Crippen LogP contribution >= 0.6 is 0 Å². The molecule has 0 aromatic heterocycles. The average molecular weight is 497 g/mol. The third-order valence-corrected chi connectivity index (χ3v) is 9.20. The van der Waals surface area contributed by atoms with E-state index in [0.29, 0.717) is 0 Å². The highest BCUT2D eigenvalue weighted by Crippen LogP contribution is 2.81. The van der Waals surface area contributed by atoms with Crippen molar-refractivity contribution in [3.63, 3.8) is 0 Å². The Bertz CT molecular complexity index is 1230. The second-order valence-corrected chi connectivity index (χ2v) is 10.6. The number of carbonyl (C=O) groups is 4. The molecule has 0 aromatic rings. The first-order chi connectivity index (χ1) is 16.7. The fraction of sp³-hybridized carbons (Fsp3) is 0.500. The second-order valence-electron chi connectivity index (χ2n) is 10.6. The van der Waals surface area contributed by atoms with Crippen molar-refractivity contribution in [1.29, 1.82) is 0 Å². The quantitative estimate of drug-likeness (QED) is 0.174. The molecule has 36 heavy (non-hydrogen) atoms. The van der Waals surface area contributed by atoms with Crippen LogP contribution in [0.2, 0.25) is 0 Å². The number of hydrogen-bond donors (Lipinski definition) is 3. The van der Waals surface area contributed by atoms with Crippen LogP contribution in [-0.2, 0) is 23.9 Å². The van der Waals surface area contributed by atoms with Gasteiger partial charge in [-0.05, 0) is 53.7 Å². The van der Waals surface area contributed by atoms with Crippen molar-refractivity contribution in [1.82, 2.24) is 0 Å². The van der Waals surface area contributed by atoms with Gasteiger partial charge in [0.05, 0.1) is 11.3 Å². The smallest absolute Gasteiger partial charge is 0.312 e. The van der Waals surface area contributed by atoms with E-state index < -0.39 is 74.5 Å². The molecule has 4 aliphatic rings. The van der Waals surface area contributed by atoms with Gasteiger partial charge >= 0.3 is 5.97 Å². The van der Waals surface area contributed by atoms with E-state index in [9.17, 15) is 34.5 Å². The lowest BCUT2D eigenvalue weighted by atomic mass is 9.50. The Morgan fingerprint density at radius 1 is 0.944 bits per heavy atom. The number of Topliss-reactive ketones (excluding diaryl/α,β-unsaturated/α-hetero) is 2. The molecule has 0 spiro atoms. The number of ketones is 3. The van der Waals surface area contributed by atoms with Gasteiger partial charge in [0.1, 0.15) is 28.0 Å². The lowest BCUT2D eigenvalue weighted by Gasteiger charge is -2.48. The molecule has 8 nitrogen and oxygen atoms in total. The standard InChI is InChI=1S/C28H32O8/c1-7-9-11-13-16(29)18-19-20-26(6)28(35,15(3)22(32)36-26)25(5,21(18)31)27(20,23(33)24(19,4)34)17(30)14-12-10-8-2/h7-15,19-20,29,34-35H,1-6H3/b9-7+,10-8+,13-11+,14-12+,18-16-/t15?,19?,20?,24-,25+,26?,27-,28?/m0/s1. The number of hydrogen-bond acceptors (Lipinski definition) is 8. The Balaban J connectivity index is 2.17. The van der Waals surface area contributed by atoms with Gasteiger partial charge in [0.2, 0.25) is 0 Å². The lowest BCUT2D eigenvalue weighted by molar-refractivity contribution is -0.180. The molecule has 4 fully saturated rings. The van der Waals surface area contributed by atoms with E-state index in [1.54, 1.807) is 38.2 Å². The average Bonchev–Trinajstić information content (AvgIpc) is 3.15. The summed E-state index contributed by atoms with van der Waals surface area (Å²) in [5.41, 5.74) is -11.2. The van der Waals surface area contributed by atoms with Crippen LogP contribution in [0.15, 0.2) is 59.9 Å². The monoisotopic (exact) mass is 496 g/mol. The first-order valence-electron chi connectivity index (χ1n) is 12.0. The van der Waals surface area contributed by atoms with E-state index >= 15 is 0 Å². The maximum absolute atomic E-state index is 14.4. The number of aliphatic hydroxyl groups excluding tert-OH is 1. The summed E-state index contributed by atoms with van der Waals surface area (Å²) in [5.74, 6) is -7.85. The Kier molecular flexibility index (Phi) is 5.56. The summed E-state index contributed by atoms with van der Waals surface area (Å²) in [5, 5.41) is 35.0. The second kappa shape index (κ2) is 7.70. The van der Waals surface area contributed by atoms with Gasteiger partial charge in [0.15, 0.2) is 17.3 Å². The summed E-state index contributed by atoms with van der Waals surface area (Å²) in [4.78, 5) is 55.4. The van der Waals surface area contributed by atoms with Crippen molar-refractivity contribution < 1.29 is 39.2 Å². The number of rotatable bonds is 5. The van der Waals surface area contributed by atoms with E-state index in [-0.39, 0.29) is 5.57 Å². The van der Waals surface area contributed by atoms with Crippen molar-refractivity contribution in [3.05, 3.63) is 59.9 Å². The minimum absolute atomic E-state index is 0.271. The van der Waals surface area contributed by atoms with Crippen LogP contribution in [0.1, 0.15) is 41.5 Å². The maximum atomic E-state index is 14.4. The zero-order chi connectivity index (χ0) is 27.1. The molecule has 5 unspecified atom stereocenters. The molecule has 4 rings (SSSR count). The van der Waals surface area contributed by atoms with Gasteiger partial charge in [-0.25, -0.2) is 0 Å². The fourth-order valence-electron chi connectivity index (χ4n) is 7.76. The molecule has 192 valence electrons. The highest BCUT2D eigenvalue weighted by Gasteiger charge is 2.97. The fourth-order valence-corrected chi connectivity index (χ4v) is 7.76. The van der Waals surface area contributed by atoms with Gasteiger partial charge in [-0.1, -0.05) is 36.5 Å². The van der Waals surface area contributed by atoms with Crippen molar-refractivity contribution in [2.75, 3.05) is 0 Å². The van der Waals surface area contributed by atoms with Crippen LogP contribution in [0.25, 0.3) is 0 Å². The van der Waals surface area contributed by atoms with Gasteiger partial charge in [0.25, 0.3) is 0 Å². The third kappa shape index (κ3) is 2.42. The topological polar surface area (TPSA) is 138 Å². The molecule has 1 saturated heterocycles. The number of allylic oxidation sites excluding steroid dienone is 8. The minimum Gasteiger partial charge on any atom is -0.508 e. The van der Waals surface area contributed by atoms with Crippen molar-refractivity contribution >= 4 is 23.3 Å². The molecule has 1 aliphatic heterocycles. The van der Waals surface area contributed by atoms with Crippen LogP contribution in [0.5, 0.6) is 0 Å². The highest BCUT2D eigenvalue weighted by molar-refractivity contribution is 6.26. The maximum Gasteiger partial charge on any atom is 0.312 e. The number of fused-ring (bicyclic) bond motifs is 2. The van der Waals surface area contributed by atoms with Gasteiger partial charge in [0, 0.05) is 17.4 Å². The molecule has 4 bridgehead atoms. The lowest BCUT2D eigenvalue weighted by Crippen LogP contribution is -2.65. The predicted octanol–water partition coefficient (Wildman–Crippen LogP) is 2.47. The largest absolute Gasteiger partial charge is 0.508 e. The summed E-state index contributed by atoms with van der Waals surface area (Å²) in [6.07, 6.45) is 11.9. The molecule has 0 aromatic carbocycles. The van der Waals surface area contributed by atoms with E-state index in [4.69, 9.17) is 4.74 Å². The summed E-state index contributed by atoms with van der Waals surface area (Å²) in [6, 6.07) is 0. The molecule has 8 atom stereocenters. The first kappa shape index (κ1) is 26.0. The van der Waals surface area contributed by atoms with Crippen LogP contribution in [0.4, 0.5) is 0 Å². The van der Waals surface area contributed by atoms with Crippen molar-refractivity contribution in [2.45, 2.75) is 58.3 Å². The van der Waals surface area contributed by atoms with Crippen molar-refractivity contribution in [2.24, 2.45) is 28.6 Å². The first-order valence-corrected chi connectivity index (χ1v) is 12.0. The summed E-state index contributed by atoms with van der Waals surface area (Å²) >= 11 is 0. The van der Waals surface area contributed by atoms with Crippen LogP contribution < -0.4 is 0 Å². The Labute approximate surface area is 209 Å². The highest BCUT2D eigenvalue weighted by atomic mass is 16.6. The molecule has 3 aliphatic carbocycles. The number of esters is 1. The Morgan fingerprint density at radius 2 is 1.50 bits per heavy atom. The van der Waals surface area contributed by atoms with Crippen LogP contribution in [0.3, 0.4) is 0 Å². The third-order valence-electron chi connectivity index (χ3n) is 9.20. The molecule has 0 amide bonds. The molecular weight excluding hydrogens is 464 g/mol. The Hall–Kier alpha value is -3.10. The Morgan fingerprint density at radius 3 is 2.06 bits per heavy atom. The normalized spacial score (nSPS) is 47.1. The summed E-state index contributed by atoms with van der Waals surface area (Å²) in [6.45, 7) is 8.79. The van der Waals surface area contributed by atoms with Gasteiger partial charge in [-0.2, -0.15) is 0 Å². The molecule has 3 N–H and O–H groups in total. The van der Waals surface area contributed by atoms with Gasteiger partial charge in [-0.3, -0.25) is 19.2 Å². The number of carbonyl (C=O) groups excluding carboxylic acids is 4. The molecule has 8 heteroatoms. The molecular formula is C28H32O8. The van der Waals surface area contributed by atoms with E-state index in [0.717, 1.165) is 6.08 Å².